The maximum Gasteiger partial charge on any atom is 0.275 e. The topological polar surface area (TPSA) is 62.6 Å². The molecule has 0 bridgehead atoms. The molecule has 138 valence electrons. The quantitative estimate of drug-likeness (QED) is 0.803. The maximum atomic E-state index is 12.4. The molecule has 2 N–H and O–H groups in total. The number of benzene rings is 1. The Morgan fingerprint density at radius 3 is 2.58 bits per heavy atom. The fourth-order valence-electron chi connectivity index (χ4n) is 3.04. The van der Waals surface area contributed by atoms with Gasteiger partial charge in [-0.2, -0.15) is 0 Å². The third-order valence-corrected chi connectivity index (χ3v) is 5.28. The average Bonchev–Trinajstić information content (AvgIpc) is 2.65. The van der Waals surface area contributed by atoms with Crippen molar-refractivity contribution >= 4 is 35.1 Å². The number of halogens is 2. The number of carbonyl (C=O) groups is 1. The first-order valence-electron chi connectivity index (χ1n) is 8.63. The van der Waals surface area contributed by atoms with Crippen LogP contribution in [0.4, 0.5) is 5.95 Å². The van der Waals surface area contributed by atoms with Crippen LogP contribution in [0.5, 0.6) is 0 Å². The predicted molar refractivity (Wildman–Crippen MR) is 103 cm³/mol. The third-order valence-electron chi connectivity index (χ3n) is 4.54. The Morgan fingerprint density at radius 2 is 1.92 bits per heavy atom. The fraction of sp³-hybridized carbons (Fsp3) is 0.389. The molecule has 1 aliphatic rings. The van der Waals surface area contributed by atoms with E-state index in [1.807, 2.05) is 19.1 Å². The molecule has 1 aromatic heterocycles. The number of carbonyl (C=O) groups excluding carboxylic acids is 1. The molecular weight excluding hydrogens is 373 g/mol. The monoisotopic (exact) mass is 394 g/mol. The summed E-state index contributed by atoms with van der Waals surface area (Å²) < 4.78 is 0. The molecule has 1 amide bonds. The van der Waals surface area contributed by atoms with Crippen LogP contribution >= 0.6 is 23.2 Å². The second-order valence-corrected chi connectivity index (χ2v) is 7.24. The fourth-order valence-corrected chi connectivity index (χ4v) is 3.35. The Hall–Kier alpha value is -1.89. The molecule has 1 fully saturated rings. The van der Waals surface area contributed by atoms with Gasteiger partial charge < -0.3 is 15.1 Å². The number of nitrogens with one attached hydrogen (secondary N) is 2. The van der Waals surface area contributed by atoms with Gasteiger partial charge in [-0.15, -0.1) is 0 Å². The van der Waals surface area contributed by atoms with E-state index >= 15 is 0 Å². The highest BCUT2D eigenvalue weighted by Crippen LogP contribution is 2.25. The number of nitrogens with zero attached hydrogens (tertiary/aromatic N) is 3. The van der Waals surface area contributed by atoms with E-state index in [1.165, 1.54) is 4.90 Å². The molecule has 0 aliphatic carbocycles. The standard InChI is InChI=1S/C18H21Cl2N5O/c1-13(14-3-4-15(19)16(20)11-14)23-17(26)12-24-7-9-25(10-8-24)18-21-5-2-6-22-18/h2-6,11,13H,7-10,12H2,1H3,(H,23,26)/p+1/t13-/m1/s1. The second-order valence-electron chi connectivity index (χ2n) is 6.43. The lowest BCUT2D eigenvalue weighted by Gasteiger charge is -2.31. The summed E-state index contributed by atoms with van der Waals surface area (Å²) in [6, 6.07) is 7.11. The molecule has 2 heterocycles. The summed E-state index contributed by atoms with van der Waals surface area (Å²) in [7, 11) is 0. The molecule has 0 unspecified atom stereocenters. The van der Waals surface area contributed by atoms with Gasteiger partial charge >= 0.3 is 0 Å². The Bertz CT molecular complexity index is 751. The average molecular weight is 395 g/mol. The SMILES string of the molecule is C[C@@H](NC(=O)C[NH+]1CCN(c2ncccn2)CC1)c1ccc(Cl)c(Cl)c1. The van der Waals surface area contributed by atoms with E-state index in [9.17, 15) is 4.79 Å². The van der Waals surface area contributed by atoms with Crippen LogP contribution in [0.3, 0.4) is 0 Å². The molecule has 1 saturated heterocycles. The molecule has 8 heteroatoms. The number of amides is 1. The van der Waals surface area contributed by atoms with E-state index in [0.717, 1.165) is 37.7 Å². The molecule has 6 nitrogen and oxygen atoms in total. The van der Waals surface area contributed by atoms with Gasteiger partial charge in [-0.1, -0.05) is 29.3 Å². The van der Waals surface area contributed by atoms with Gasteiger partial charge in [0.2, 0.25) is 5.95 Å². The molecular formula is C18H22Cl2N5O+. The lowest BCUT2D eigenvalue weighted by atomic mass is 10.1. The van der Waals surface area contributed by atoms with Crippen molar-refractivity contribution in [2.45, 2.75) is 13.0 Å². The molecule has 0 radical (unpaired) electrons. The van der Waals surface area contributed by atoms with Crippen molar-refractivity contribution in [3.05, 3.63) is 52.3 Å². The summed E-state index contributed by atoms with van der Waals surface area (Å²) in [5.41, 5.74) is 0.939. The van der Waals surface area contributed by atoms with Crippen LogP contribution in [0.2, 0.25) is 10.0 Å². The Morgan fingerprint density at radius 1 is 1.23 bits per heavy atom. The highest BCUT2D eigenvalue weighted by atomic mass is 35.5. The van der Waals surface area contributed by atoms with Gasteiger partial charge in [0.25, 0.3) is 5.91 Å². The smallest absolute Gasteiger partial charge is 0.275 e. The molecule has 1 atom stereocenters. The first-order valence-corrected chi connectivity index (χ1v) is 9.38. The van der Waals surface area contributed by atoms with E-state index in [1.54, 1.807) is 24.5 Å². The minimum Gasteiger partial charge on any atom is -0.345 e. The summed E-state index contributed by atoms with van der Waals surface area (Å²) in [6.07, 6.45) is 3.50. The van der Waals surface area contributed by atoms with Crippen LogP contribution in [0.1, 0.15) is 18.5 Å². The largest absolute Gasteiger partial charge is 0.345 e. The van der Waals surface area contributed by atoms with Crippen molar-refractivity contribution in [2.24, 2.45) is 0 Å². The van der Waals surface area contributed by atoms with Crippen LogP contribution in [-0.2, 0) is 4.79 Å². The molecule has 0 spiro atoms. The van der Waals surface area contributed by atoms with Gasteiger partial charge in [-0.3, -0.25) is 4.79 Å². The van der Waals surface area contributed by atoms with E-state index in [4.69, 9.17) is 23.2 Å². The van der Waals surface area contributed by atoms with Gasteiger partial charge in [0, 0.05) is 12.4 Å². The Labute approximate surface area is 163 Å². The van der Waals surface area contributed by atoms with Crippen molar-refractivity contribution in [3.8, 4) is 0 Å². The van der Waals surface area contributed by atoms with Crippen LogP contribution in [0, 0.1) is 0 Å². The van der Waals surface area contributed by atoms with E-state index in [-0.39, 0.29) is 11.9 Å². The molecule has 2 aromatic rings. The van der Waals surface area contributed by atoms with E-state index < -0.39 is 0 Å². The molecule has 0 saturated carbocycles. The summed E-state index contributed by atoms with van der Waals surface area (Å²) in [6.45, 7) is 5.84. The van der Waals surface area contributed by atoms with Gasteiger partial charge in [-0.05, 0) is 30.7 Å². The molecule has 26 heavy (non-hydrogen) atoms. The van der Waals surface area contributed by atoms with Crippen LogP contribution in [0.15, 0.2) is 36.7 Å². The van der Waals surface area contributed by atoms with Crippen molar-refractivity contribution in [1.29, 1.82) is 0 Å². The van der Waals surface area contributed by atoms with Crippen LogP contribution < -0.4 is 15.1 Å². The number of hydrogen-bond donors (Lipinski definition) is 2. The summed E-state index contributed by atoms with van der Waals surface area (Å²) in [5, 5.41) is 4.04. The predicted octanol–water partition coefficient (Wildman–Crippen LogP) is 1.37. The van der Waals surface area contributed by atoms with Crippen LogP contribution in [0.25, 0.3) is 0 Å². The first kappa shape index (κ1) is 18.9. The second kappa shape index (κ2) is 8.66. The zero-order valence-corrected chi connectivity index (χ0v) is 16.1. The van der Waals surface area contributed by atoms with Crippen molar-refractivity contribution < 1.29 is 9.69 Å². The maximum absolute atomic E-state index is 12.4. The van der Waals surface area contributed by atoms with Crippen molar-refractivity contribution in [2.75, 3.05) is 37.6 Å². The van der Waals surface area contributed by atoms with Gasteiger partial charge in [0.1, 0.15) is 0 Å². The number of aromatic nitrogens is 2. The lowest BCUT2D eigenvalue weighted by molar-refractivity contribution is -0.892. The summed E-state index contributed by atoms with van der Waals surface area (Å²) >= 11 is 12.0. The number of piperazine rings is 1. The van der Waals surface area contributed by atoms with Gasteiger partial charge in [0.15, 0.2) is 6.54 Å². The number of hydrogen-bond acceptors (Lipinski definition) is 4. The zero-order chi connectivity index (χ0) is 18.5. The molecule has 1 aromatic carbocycles. The van der Waals surface area contributed by atoms with E-state index in [0.29, 0.717) is 16.6 Å². The number of rotatable bonds is 5. The summed E-state index contributed by atoms with van der Waals surface area (Å²) in [5.74, 6) is 0.784. The van der Waals surface area contributed by atoms with Crippen LogP contribution in [-0.4, -0.2) is 48.6 Å². The highest BCUT2D eigenvalue weighted by molar-refractivity contribution is 6.42. The third kappa shape index (κ3) is 4.84. The van der Waals surface area contributed by atoms with Crippen molar-refractivity contribution in [3.63, 3.8) is 0 Å². The van der Waals surface area contributed by atoms with E-state index in [2.05, 4.69) is 20.2 Å². The molecule has 1 aliphatic heterocycles. The van der Waals surface area contributed by atoms with Gasteiger partial charge in [0.05, 0.1) is 42.3 Å². The highest BCUT2D eigenvalue weighted by Gasteiger charge is 2.24. The Kier molecular flexibility index (Phi) is 6.29. The first-order chi connectivity index (χ1) is 12.5. The number of quaternary nitrogens is 1. The van der Waals surface area contributed by atoms with Crippen molar-refractivity contribution in [1.82, 2.24) is 15.3 Å². The minimum atomic E-state index is -0.115. The normalized spacial score (nSPS) is 16.3. The number of anilines is 1. The molecule has 3 rings (SSSR count). The Balaban J connectivity index is 1.47. The minimum absolute atomic E-state index is 0.0305. The van der Waals surface area contributed by atoms with Gasteiger partial charge in [-0.25, -0.2) is 9.97 Å². The zero-order valence-electron chi connectivity index (χ0n) is 14.6. The lowest BCUT2D eigenvalue weighted by Crippen LogP contribution is -3.16. The summed E-state index contributed by atoms with van der Waals surface area (Å²) in [4.78, 5) is 24.3.